The lowest BCUT2D eigenvalue weighted by Crippen LogP contribution is -2.34. The van der Waals surface area contributed by atoms with Gasteiger partial charge in [0.15, 0.2) is 0 Å². The number of carbonyl (C=O) groups is 4. The number of aliphatic hydroxyl groups excluding tert-OH is 1. The Bertz CT molecular complexity index is 1070. The molecule has 39 heavy (non-hydrogen) atoms. The lowest BCUT2D eigenvalue weighted by molar-refractivity contribution is -0.120. The summed E-state index contributed by atoms with van der Waals surface area (Å²) in [4.78, 5) is 50.0. The molecule has 0 radical (unpaired) electrons. The average molecular weight is 546 g/mol. The highest BCUT2D eigenvalue weighted by molar-refractivity contribution is 6.23. The number of primary amides is 1. The molecule has 1 aliphatic heterocycles. The lowest BCUT2D eigenvalue weighted by Gasteiger charge is -2.25. The Morgan fingerprint density at radius 3 is 2.46 bits per heavy atom. The van der Waals surface area contributed by atoms with Crippen molar-refractivity contribution < 1.29 is 33.8 Å². The number of amides is 2. The Labute approximate surface area is 230 Å². The number of ether oxygens (including phenoxy) is 2. The first-order valence-corrected chi connectivity index (χ1v) is 13.0. The van der Waals surface area contributed by atoms with E-state index in [-0.39, 0.29) is 41.3 Å². The van der Waals surface area contributed by atoms with Crippen molar-refractivity contribution in [1.82, 2.24) is 5.32 Å². The van der Waals surface area contributed by atoms with Crippen molar-refractivity contribution in [2.45, 2.75) is 72.0 Å². The highest BCUT2D eigenvalue weighted by Crippen LogP contribution is 2.27. The Morgan fingerprint density at radius 2 is 1.87 bits per heavy atom. The van der Waals surface area contributed by atoms with Crippen LogP contribution in [-0.2, 0) is 23.9 Å². The van der Waals surface area contributed by atoms with E-state index in [9.17, 15) is 19.2 Å². The number of ketones is 2. The first-order valence-electron chi connectivity index (χ1n) is 13.0. The number of hydrogen-bond donors (Lipinski definition) is 4. The van der Waals surface area contributed by atoms with Crippen LogP contribution in [0.1, 0.15) is 59.8 Å². The molecule has 0 aromatic rings. The van der Waals surface area contributed by atoms with Gasteiger partial charge in [0, 0.05) is 37.4 Å². The number of Topliss-reactive ketones (excluding diaryl/α,β-unsaturated/α-hetero) is 1. The van der Waals surface area contributed by atoms with Gasteiger partial charge in [0.1, 0.15) is 6.10 Å². The minimum absolute atomic E-state index is 0.0151. The first kappa shape index (κ1) is 33.5. The van der Waals surface area contributed by atoms with E-state index in [1.165, 1.54) is 0 Å². The average Bonchev–Trinajstić information content (AvgIpc) is 2.90. The number of nitrogens with two attached hydrogens (primary N) is 2. The predicted octanol–water partition coefficient (Wildman–Crippen LogP) is 3.12. The number of carbonyl (C=O) groups excluding carboxylic acids is 4. The van der Waals surface area contributed by atoms with E-state index in [0.717, 1.165) is 18.8 Å². The quantitative estimate of drug-likeness (QED) is 0.309. The van der Waals surface area contributed by atoms with Gasteiger partial charge in [0.05, 0.1) is 17.5 Å². The molecule has 10 nitrogen and oxygen atoms in total. The third-order valence-electron chi connectivity index (χ3n) is 6.75. The minimum atomic E-state index is -0.857. The van der Waals surface area contributed by atoms with E-state index in [1.54, 1.807) is 26.2 Å². The van der Waals surface area contributed by atoms with E-state index in [2.05, 4.69) is 5.32 Å². The second-order valence-electron chi connectivity index (χ2n) is 9.69. The molecule has 2 amide bonds. The smallest absolute Gasteiger partial charge is 0.405 e. The van der Waals surface area contributed by atoms with Gasteiger partial charge in [-0.05, 0) is 57.4 Å². The Morgan fingerprint density at radius 1 is 1.21 bits per heavy atom. The third-order valence-corrected chi connectivity index (χ3v) is 6.75. The summed E-state index contributed by atoms with van der Waals surface area (Å²) in [7, 11) is 2.63. The maximum atomic E-state index is 13.1. The molecule has 0 fully saturated rings. The molecule has 6 N–H and O–H groups in total. The van der Waals surface area contributed by atoms with E-state index in [0.29, 0.717) is 31.3 Å². The van der Waals surface area contributed by atoms with Gasteiger partial charge in [0.2, 0.25) is 11.6 Å². The van der Waals surface area contributed by atoms with E-state index >= 15 is 0 Å². The number of aliphatic hydroxyl groups is 1. The first-order chi connectivity index (χ1) is 18.5. The maximum absolute atomic E-state index is 13.1. The van der Waals surface area contributed by atoms with Crippen molar-refractivity contribution >= 4 is 23.6 Å². The van der Waals surface area contributed by atoms with Crippen LogP contribution in [0.4, 0.5) is 4.79 Å². The molecular weight excluding hydrogens is 502 g/mol. The van der Waals surface area contributed by atoms with Gasteiger partial charge in [-0.3, -0.25) is 14.4 Å². The summed E-state index contributed by atoms with van der Waals surface area (Å²) < 4.78 is 11.1. The molecule has 0 saturated heterocycles. The van der Waals surface area contributed by atoms with E-state index < -0.39 is 29.7 Å². The number of nitrogens with one attached hydrogen (secondary N) is 1. The fraction of sp³-hybridized carbons (Fsp3) is 0.517. The van der Waals surface area contributed by atoms with Crippen molar-refractivity contribution in [3.8, 4) is 0 Å². The van der Waals surface area contributed by atoms with Gasteiger partial charge in [-0.1, -0.05) is 38.2 Å². The normalized spacial score (nSPS) is 29.0. The van der Waals surface area contributed by atoms with Crippen molar-refractivity contribution in [3.05, 3.63) is 58.5 Å². The van der Waals surface area contributed by atoms with Gasteiger partial charge in [0.25, 0.3) is 5.91 Å². The van der Waals surface area contributed by atoms with E-state index in [1.807, 2.05) is 32.9 Å². The summed E-state index contributed by atoms with van der Waals surface area (Å²) in [5, 5.41) is 9.56. The van der Waals surface area contributed by atoms with Crippen LogP contribution in [-0.4, -0.2) is 55.1 Å². The van der Waals surface area contributed by atoms with Crippen LogP contribution < -0.4 is 16.8 Å². The van der Waals surface area contributed by atoms with Gasteiger partial charge >= 0.3 is 6.09 Å². The number of rotatable bonds is 3. The summed E-state index contributed by atoms with van der Waals surface area (Å²) in [6, 6.07) is 0. The molecule has 1 unspecified atom stereocenters. The molecule has 0 aromatic carbocycles. The minimum Gasteiger partial charge on any atom is -0.441 e. The third kappa shape index (κ3) is 9.96. The van der Waals surface area contributed by atoms with Crippen LogP contribution >= 0.6 is 0 Å². The molecule has 1 heterocycles. The standard InChI is InChI=1S/C28H39N3O6.CH4O/c1-6-19-11-7-10-18(4)27(34)31-22-15-23(32)24(29)21(25(22)33)14-16(2)13-20(36-5)12-8-9-17(3)26(19)37-28(30)35;1-2/h7,9-11,15-16,19-20,26H,6,8,12-14,29H2,1-5H3,(H2,30,35)(H,31,34);2H,1H3/b11-7-,17-9+,18-10+;/t16?,19-,20+,26-;/m0./s1. The van der Waals surface area contributed by atoms with Gasteiger partial charge in [-0.25, -0.2) is 4.79 Å². The molecule has 2 rings (SSSR count). The second-order valence-corrected chi connectivity index (χ2v) is 9.69. The molecule has 216 valence electrons. The Balaban J connectivity index is 0.00000371. The predicted molar refractivity (Wildman–Crippen MR) is 149 cm³/mol. The summed E-state index contributed by atoms with van der Waals surface area (Å²) in [5.41, 5.74) is 12.6. The van der Waals surface area contributed by atoms with Crippen LogP contribution in [0.3, 0.4) is 0 Å². The number of fused-ring (bicyclic) bond motifs is 2. The zero-order valence-electron chi connectivity index (χ0n) is 23.8. The fourth-order valence-electron chi connectivity index (χ4n) is 4.56. The summed E-state index contributed by atoms with van der Waals surface area (Å²) in [6.07, 6.45) is 9.70. The molecular formula is C29H43N3O7. The lowest BCUT2D eigenvalue weighted by atomic mass is 9.87. The van der Waals surface area contributed by atoms with Crippen LogP contribution in [0.5, 0.6) is 0 Å². The van der Waals surface area contributed by atoms with Crippen molar-refractivity contribution in [2.75, 3.05) is 14.2 Å². The van der Waals surface area contributed by atoms with Crippen LogP contribution in [0.15, 0.2) is 58.5 Å². The Kier molecular flexibility index (Phi) is 14.2. The SMILES string of the molecule is CC[C@H]1/C=C\C=C(/C)C(=O)NC2=CC(=O)C(N)=C(CC(C)C[C@H](OC)CC/C=C(\C)[C@@H]1OC(N)=O)C2=O.CO. The maximum Gasteiger partial charge on any atom is 0.405 e. The zero-order valence-corrected chi connectivity index (χ0v) is 23.8. The summed E-state index contributed by atoms with van der Waals surface area (Å²) in [6.45, 7) is 7.43. The summed E-state index contributed by atoms with van der Waals surface area (Å²) >= 11 is 0. The molecule has 0 spiro atoms. The van der Waals surface area contributed by atoms with Crippen molar-refractivity contribution in [1.29, 1.82) is 0 Å². The summed E-state index contributed by atoms with van der Waals surface area (Å²) in [5.74, 6) is -1.66. The highest BCUT2D eigenvalue weighted by atomic mass is 16.6. The Hall–Kier alpha value is -3.50. The molecule has 4 atom stereocenters. The highest BCUT2D eigenvalue weighted by Gasteiger charge is 2.30. The van der Waals surface area contributed by atoms with Crippen molar-refractivity contribution in [2.24, 2.45) is 23.3 Å². The second kappa shape index (κ2) is 16.5. The molecule has 0 aromatic heterocycles. The number of allylic oxidation sites excluding steroid dienone is 5. The van der Waals surface area contributed by atoms with E-state index in [4.69, 9.17) is 26.0 Å². The molecule has 0 saturated carbocycles. The fourth-order valence-corrected chi connectivity index (χ4v) is 4.56. The number of methoxy groups -OCH3 is 1. The van der Waals surface area contributed by atoms with Crippen molar-refractivity contribution in [3.63, 3.8) is 0 Å². The largest absolute Gasteiger partial charge is 0.441 e. The topological polar surface area (TPSA) is 171 Å². The molecule has 2 bridgehead atoms. The van der Waals surface area contributed by atoms with Gasteiger partial charge < -0.3 is 31.4 Å². The van der Waals surface area contributed by atoms with Crippen LogP contribution in [0.25, 0.3) is 0 Å². The number of hydrogen-bond acceptors (Lipinski definition) is 8. The van der Waals surface area contributed by atoms with Gasteiger partial charge in [-0.15, -0.1) is 0 Å². The zero-order chi connectivity index (χ0) is 29.7. The molecule has 1 aliphatic carbocycles. The molecule has 2 aliphatic rings. The monoisotopic (exact) mass is 545 g/mol. The van der Waals surface area contributed by atoms with Crippen LogP contribution in [0.2, 0.25) is 0 Å². The molecule has 10 heteroatoms. The van der Waals surface area contributed by atoms with Crippen LogP contribution in [0, 0.1) is 11.8 Å². The van der Waals surface area contributed by atoms with Gasteiger partial charge in [-0.2, -0.15) is 0 Å².